The highest BCUT2D eigenvalue weighted by Crippen LogP contribution is 2.16. The first-order valence-corrected chi connectivity index (χ1v) is 7.65. The van der Waals surface area contributed by atoms with Gasteiger partial charge in [-0.1, -0.05) is 32.0 Å². The molecule has 1 atom stereocenters. The minimum atomic E-state index is -0.249. The topological polar surface area (TPSA) is 50.4 Å². The molecule has 0 aliphatic heterocycles. The number of carbonyl (C=O) groups is 1. The van der Waals surface area contributed by atoms with Crippen molar-refractivity contribution in [3.63, 3.8) is 0 Å². The SMILES string of the molecule is COCCc1ccccc1NC(C)C(=O)NCCC(C)C. The van der Waals surface area contributed by atoms with Crippen LogP contribution < -0.4 is 10.6 Å². The first kappa shape index (κ1) is 17.5. The summed E-state index contributed by atoms with van der Waals surface area (Å²) >= 11 is 0. The summed E-state index contributed by atoms with van der Waals surface area (Å²) < 4.78 is 5.12. The van der Waals surface area contributed by atoms with Crippen LogP contribution in [-0.2, 0) is 16.0 Å². The fourth-order valence-electron chi connectivity index (χ4n) is 2.03. The molecule has 0 fully saturated rings. The lowest BCUT2D eigenvalue weighted by Gasteiger charge is -2.18. The Bertz CT molecular complexity index is 433. The second kappa shape index (κ2) is 9.40. The van der Waals surface area contributed by atoms with E-state index in [1.807, 2.05) is 25.1 Å². The van der Waals surface area contributed by atoms with E-state index in [1.165, 1.54) is 5.56 Å². The summed E-state index contributed by atoms with van der Waals surface area (Å²) in [5.74, 6) is 0.639. The van der Waals surface area contributed by atoms with Gasteiger partial charge in [0.15, 0.2) is 0 Å². The number of hydrogen-bond donors (Lipinski definition) is 2. The van der Waals surface area contributed by atoms with Gasteiger partial charge in [0.05, 0.1) is 6.61 Å². The summed E-state index contributed by atoms with van der Waals surface area (Å²) in [5, 5.41) is 6.26. The lowest BCUT2D eigenvalue weighted by molar-refractivity contribution is -0.121. The zero-order valence-electron chi connectivity index (χ0n) is 13.6. The normalized spacial score (nSPS) is 12.2. The molecule has 0 heterocycles. The van der Waals surface area contributed by atoms with Crippen molar-refractivity contribution >= 4 is 11.6 Å². The summed E-state index contributed by atoms with van der Waals surface area (Å²) in [6, 6.07) is 7.79. The van der Waals surface area contributed by atoms with Crippen molar-refractivity contribution in [3.8, 4) is 0 Å². The van der Waals surface area contributed by atoms with Crippen molar-refractivity contribution < 1.29 is 9.53 Å². The number of ether oxygens (including phenoxy) is 1. The van der Waals surface area contributed by atoms with Gasteiger partial charge in [-0.15, -0.1) is 0 Å². The van der Waals surface area contributed by atoms with Gasteiger partial charge in [0.2, 0.25) is 5.91 Å². The zero-order valence-corrected chi connectivity index (χ0v) is 13.6. The van der Waals surface area contributed by atoms with Crippen LogP contribution in [0.15, 0.2) is 24.3 Å². The van der Waals surface area contributed by atoms with Gasteiger partial charge in [-0.25, -0.2) is 0 Å². The number of rotatable bonds is 9. The van der Waals surface area contributed by atoms with E-state index < -0.39 is 0 Å². The Morgan fingerprint density at radius 1 is 1.24 bits per heavy atom. The molecule has 1 amide bonds. The van der Waals surface area contributed by atoms with Gasteiger partial charge in [-0.05, 0) is 37.3 Å². The predicted octanol–water partition coefficient (Wildman–Crippen LogP) is 2.84. The van der Waals surface area contributed by atoms with E-state index in [1.54, 1.807) is 7.11 Å². The number of anilines is 1. The molecule has 1 rings (SSSR count). The highest BCUT2D eigenvalue weighted by Gasteiger charge is 2.13. The van der Waals surface area contributed by atoms with Crippen molar-refractivity contribution in [2.75, 3.05) is 25.6 Å². The van der Waals surface area contributed by atoms with Crippen LogP contribution in [0.5, 0.6) is 0 Å². The van der Waals surface area contributed by atoms with E-state index in [4.69, 9.17) is 4.74 Å². The van der Waals surface area contributed by atoms with Gasteiger partial charge in [-0.3, -0.25) is 4.79 Å². The van der Waals surface area contributed by atoms with Crippen molar-refractivity contribution in [1.29, 1.82) is 0 Å². The maximum absolute atomic E-state index is 12.1. The largest absolute Gasteiger partial charge is 0.384 e. The van der Waals surface area contributed by atoms with Crippen molar-refractivity contribution in [1.82, 2.24) is 5.32 Å². The van der Waals surface area contributed by atoms with Crippen LogP contribution in [0, 0.1) is 5.92 Å². The molecule has 2 N–H and O–H groups in total. The molecule has 0 aromatic heterocycles. The summed E-state index contributed by atoms with van der Waals surface area (Å²) in [6.45, 7) is 7.60. The zero-order chi connectivity index (χ0) is 15.7. The third kappa shape index (κ3) is 6.63. The smallest absolute Gasteiger partial charge is 0.242 e. The Morgan fingerprint density at radius 3 is 2.62 bits per heavy atom. The van der Waals surface area contributed by atoms with Crippen LogP contribution in [0.2, 0.25) is 0 Å². The third-order valence-electron chi connectivity index (χ3n) is 3.38. The molecule has 0 aliphatic rings. The molecule has 118 valence electrons. The molecule has 4 nitrogen and oxygen atoms in total. The van der Waals surface area contributed by atoms with Gasteiger partial charge in [0.1, 0.15) is 6.04 Å². The van der Waals surface area contributed by atoms with E-state index in [2.05, 4.69) is 30.5 Å². The number of nitrogens with one attached hydrogen (secondary N) is 2. The standard InChI is InChI=1S/C17H28N2O2/c1-13(2)9-11-18-17(20)14(3)19-16-8-6-5-7-15(16)10-12-21-4/h5-8,13-14,19H,9-12H2,1-4H3,(H,18,20). The molecule has 0 aliphatic carbocycles. The Kier molecular flexibility index (Phi) is 7.83. The van der Waals surface area contributed by atoms with Crippen molar-refractivity contribution in [3.05, 3.63) is 29.8 Å². The Labute approximate surface area is 128 Å². The molecule has 0 spiro atoms. The number of amides is 1. The van der Waals surface area contributed by atoms with Crippen LogP contribution in [0.1, 0.15) is 32.8 Å². The minimum absolute atomic E-state index is 0.0391. The van der Waals surface area contributed by atoms with Crippen LogP contribution in [0.3, 0.4) is 0 Å². The van der Waals surface area contributed by atoms with E-state index in [9.17, 15) is 4.79 Å². The van der Waals surface area contributed by atoms with Crippen LogP contribution >= 0.6 is 0 Å². The van der Waals surface area contributed by atoms with Gasteiger partial charge in [0.25, 0.3) is 0 Å². The Hall–Kier alpha value is -1.55. The summed E-state index contributed by atoms with van der Waals surface area (Å²) in [4.78, 5) is 12.1. The van der Waals surface area contributed by atoms with Gasteiger partial charge >= 0.3 is 0 Å². The number of carbonyl (C=O) groups excluding carboxylic acids is 1. The molecule has 21 heavy (non-hydrogen) atoms. The van der Waals surface area contributed by atoms with E-state index in [0.29, 0.717) is 12.5 Å². The summed E-state index contributed by atoms with van der Waals surface area (Å²) in [5.41, 5.74) is 2.17. The second-order valence-electron chi connectivity index (χ2n) is 5.74. The second-order valence-corrected chi connectivity index (χ2v) is 5.74. The number of hydrogen-bond acceptors (Lipinski definition) is 3. The van der Waals surface area contributed by atoms with Gasteiger partial charge in [0, 0.05) is 19.3 Å². The summed E-state index contributed by atoms with van der Waals surface area (Å²) in [7, 11) is 1.70. The van der Waals surface area contributed by atoms with Crippen molar-refractivity contribution in [2.24, 2.45) is 5.92 Å². The average molecular weight is 292 g/mol. The molecule has 1 unspecified atom stereocenters. The van der Waals surface area contributed by atoms with Crippen LogP contribution in [0.4, 0.5) is 5.69 Å². The first-order valence-electron chi connectivity index (χ1n) is 7.65. The molecule has 0 saturated heterocycles. The van der Waals surface area contributed by atoms with Gasteiger partial charge in [-0.2, -0.15) is 0 Å². The number of benzene rings is 1. The van der Waals surface area contributed by atoms with E-state index in [0.717, 1.165) is 25.1 Å². The molecule has 4 heteroatoms. The highest BCUT2D eigenvalue weighted by atomic mass is 16.5. The molecule has 0 saturated carbocycles. The van der Waals surface area contributed by atoms with E-state index in [-0.39, 0.29) is 11.9 Å². The lowest BCUT2D eigenvalue weighted by Crippen LogP contribution is -2.38. The van der Waals surface area contributed by atoms with Gasteiger partial charge < -0.3 is 15.4 Å². The van der Waals surface area contributed by atoms with Crippen LogP contribution in [0.25, 0.3) is 0 Å². The number of para-hydroxylation sites is 1. The first-order chi connectivity index (χ1) is 10.0. The Morgan fingerprint density at radius 2 is 1.95 bits per heavy atom. The average Bonchev–Trinajstić information content (AvgIpc) is 2.45. The molecule has 1 aromatic carbocycles. The maximum atomic E-state index is 12.1. The van der Waals surface area contributed by atoms with Crippen LogP contribution in [-0.4, -0.2) is 32.2 Å². The maximum Gasteiger partial charge on any atom is 0.242 e. The monoisotopic (exact) mass is 292 g/mol. The fourth-order valence-corrected chi connectivity index (χ4v) is 2.03. The molecule has 1 aromatic rings. The lowest BCUT2D eigenvalue weighted by atomic mass is 10.1. The molecule has 0 radical (unpaired) electrons. The number of methoxy groups -OCH3 is 1. The molecular formula is C17H28N2O2. The minimum Gasteiger partial charge on any atom is -0.384 e. The third-order valence-corrected chi connectivity index (χ3v) is 3.38. The predicted molar refractivity (Wildman–Crippen MR) is 87.6 cm³/mol. The Balaban J connectivity index is 2.53. The fraction of sp³-hybridized carbons (Fsp3) is 0.588. The molecule has 0 bridgehead atoms. The van der Waals surface area contributed by atoms with Crippen molar-refractivity contribution in [2.45, 2.75) is 39.7 Å². The summed E-state index contributed by atoms with van der Waals surface area (Å²) in [6.07, 6.45) is 1.84. The highest BCUT2D eigenvalue weighted by molar-refractivity contribution is 5.84. The quantitative estimate of drug-likeness (QED) is 0.736. The van der Waals surface area contributed by atoms with E-state index >= 15 is 0 Å². The molecular weight excluding hydrogens is 264 g/mol.